The van der Waals surface area contributed by atoms with Crippen LogP contribution in [0, 0.1) is 0 Å². The molecule has 4 aromatic rings. The first-order valence-electron chi connectivity index (χ1n) is 9.32. The van der Waals surface area contributed by atoms with Gasteiger partial charge in [0, 0.05) is 24.7 Å². The largest absolute Gasteiger partial charge is 0.497 e. The zero-order valence-corrected chi connectivity index (χ0v) is 15.9. The molecule has 1 aliphatic heterocycles. The van der Waals surface area contributed by atoms with Gasteiger partial charge in [0.15, 0.2) is 11.5 Å². The first-order chi connectivity index (χ1) is 13.7. The second kappa shape index (κ2) is 6.64. The highest BCUT2D eigenvalue weighted by Crippen LogP contribution is 2.42. The summed E-state index contributed by atoms with van der Waals surface area (Å²) in [5.74, 6) is 2.49. The van der Waals surface area contributed by atoms with Gasteiger partial charge in [-0.2, -0.15) is 0 Å². The minimum atomic E-state index is 0.278. The minimum absolute atomic E-state index is 0.278. The van der Waals surface area contributed by atoms with Crippen LogP contribution in [0.15, 0.2) is 66.7 Å². The molecule has 1 heterocycles. The van der Waals surface area contributed by atoms with E-state index in [-0.39, 0.29) is 6.79 Å². The standard InChI is InChI=1S/C24H21NO3/c1-25(14-16-7-9-18(26-2)10-8-16)22-11-17-5-3-4-6-19(17)20-12-23-24(13-21(20)22)28-15-27-23/h3-13H,14-15H2,1-2H3. The first kappa shape index (κ1) is 16.8. The molecule has 140 valence electrons. The highest BCUT2D eigenvalue weighted by atomic mass is 16.7. The average Bonchev–Trinajstić information content (AvgIpc) is 3.20. The topological polar surface area (TPSA) is 30.9 Å². The van der Waals surface area contributed by atoms with Gasteiger partial charge in [0.25, 0.3) is 0 Å². The normalized spacial score (nSPS) is 12.5. The van der Waals surface area contributed by atoms with Crippen LogP contribution in [0.4, 0.5) is 5.69 Å². The molecule has 0 saturated heterocycles. The molecule has 0 unspecified atom stereocenters. The van der Waals surface area contributed by atoms with Gasteiger partial charge in [-0.05, 0) is 52.1 Å². The number of hydrogen-bond donors (Lipinski definition) is 0. The minimum Gasteiger partial charge on any atom is -0.497 e. The van der Waals surface area contributed by atoms with E-state index >= 15 is 0 Å². The molecule has 0 amide bonds. The zero-order chi connectivity index (χ0) is 19.1. The van der Waals surface area contributed by atoms with Crippen molar-refractivity contribution in [3.05, 3.63) is 72.3 Å². The summed E-state index contributed by atoms with van der Waals surface area (Å²) in [4.78, 5) is 2.28. The van der Waals surface area contributed by atoms with E-state index in [2.05, 4.69) is 66.5 Å². The fraction of sp³-hybridized carbons (Fsp3) is 0.167. The maximum Gasteiger partial charge on any atom is 0.231 e. The molecule has 0 atom stereocenters. The van der Waals surface area contributed by atoms with Gasteiger partial charge in [0.2, 0.25) is 6.79 Å². The molecule has 4 aromatic carbocycles. The molecular formula is C24H21NO3. The van der Waals surface area contributed by atoms with Gasteiger partial charge in [0.1, 0.15) is 5.75 Å². The van der Waals surface area contributed by atoms with Crippen LogP contribution in [-0.4, -0.2) is 21.0 Å². The van der Waals surface area contributed by atoms with Gasteiger partial charge < -0.3 is 19.1 Å². The number of rotatable bonds is 4. The summed E-state index contributed by atoms with van der Waals surface area (Å²) in [6.07, 6.45) is 0. The van der Waals surface area contributed by atoms with E-state index in [0.29, 0.717) is 0 Å². The Hall–Kier alpha value is -3.40. The number of fused-ring (bicyclic) bond motifs is 4. The molecule has 1 aliphatic rings. The smallest absolute Gasteiger partial charge is 0.231 e. The monoisotopic (exact) mass is 371 g/mol. The summed E-state index contributed by atoms with van der Waals surface area (Å²) in [7, 11) is 3.81. The van der Waals surface area contributed by atoms with Crippen molar-refractivity contribution in [2.45, 2.75) is 6.54 Å². The molecule has 0 saturated carbocycles. The predicted octanol–water partition coefficient (Wildman–Crippen LogP) is 5.37. The Morgan fingerprint density at radius 1 is 0.857 bits per heavy atom. The zero-order valence-electron chi connectivity index (χ0n) is 15.9. The highest BCUT2D eigenvalue weighted by molar-refractivity contribution is 6.14. The molecule has 4 heteroatoms. The average molecular weight is 371 g/mol. The van der Waals surface area contributed by atoms with E-state index in [0.717, 1.165) is 23.8 Å². The maximum atomic E-state index is 5.64. The van der Waals surface area contributed by atoms with Crippen molar-refractivity contribution in [3.8, 4) is 17.2 Å². The fourth-order valence-electron chi connectivity index (χ4n) is 3.88. The van der Waals surface area contributed by atoms with Crippen LogP contribution in [0.3, 0.4) is 0 Å². The summed E-state index contributed by atoms with van der Waals surface area (Å²) in [6, 6.07) is 23.1. The first-order valence-corrected chi connectivity index (χ1v) is 9.32. The molecule has 4 nitrogen and oxygen atoms in total. The second-order valence-electron chi connectivity index (χ2n) is 7.07. The lowest BCUT2D eigenvalue weighted by atomic mass is 9.99. The van der Waals surface area contributed by atoms with E-state index in [1.165, 1.54) is 32.8 Å². The Labute approximate surface area is 163 Å². The van der Waals surface area contributed by atoms with E-state index < -0.39 is 0 Å². The van der Waals surface area contributed by atoms with Crippen LogP contribution in [0.25, 0.3) is 21.5 Å². The van der Waals surface area contributed by atoms with Crippen molar-refractivity contribution < 1.29 is 14.2 Å². The molecule has 0 N–H and O–H groups in total. The third-order valence-corrected chi connectivity index (χ3v) is 5.32. The Kier molecular flexibility index (Phi) is 3.97. The molecule has 0 aromatic heterocycles. The van der Waals surface area contributed by atoms with Crippen LogP contribution in [0.5, 0.6) is 17.2 Å². The summed E-state index contributed by atoms with van der Waals surface area (Å²) in [5.41, 5.74) is 2.40. The Bertz CT molecular complexity index is 1170. The Morgan fingerprint density at radius 2 is 1.57 bits per heavy atom. The van der Waals surface area contributed by atoms with Crippen molar-refractivity contribution >= 4 is 27.2 Å². The van der Waals surface area contributed by atoms with Crippen LogP contribution in [0.1, 0.15) is 5.56 Å². The lowest BCUT2D eigenvalue weighted by molar-refractivity contribution is 0.174. The van der Waals surface area contributed by atoms with Gasteiger partial charge in [-0.25, -0.2) is 0 Å². The number of benzene rings is 4. The Morgan fingerprint density at radius 3 is 2.32 bits per heavy atom. The predicted molar refractivity (Wildman–Crippen MR) is 113 cm³/mol. The molecule has 0 aliphatic carbocycles. The third kappa shape index (κ3) is 2.78. The molecule has 28 heavy (non-hydrogen) atoms. The lowest BCUT2D eigenvalue weighted by Crippen LogP contribution is -2.16. The van der Waals surface area contributed by atoms with Gasteiger partial charge in [-0.1, -0.05) is 36.4 Å². The molecular weight excluding hydrogens is 350 g/mol. The fourth-order valence-corrected chi connectivity index (χ4v) is 3.88. The van der Waals surface area contributed by atoms with Gasteiger partial charge in [-0.3, -0.25) is 0 Å². The van der Waals surface area contributed by atoms with E-state index in [1.807, 2.05) is 12.1 Å². The Balaban J connectivity index is 1.64. The quantitative estimate of drug-likeness (QED) is 0.452. The lowest BCUT2D eigenvalue weighted by Gasteiger charge is -2.23. The number of ether oxygens (including phenoxy) is 3. The van der Waals surface area contributed by atoms with E-state index in [9.17, 15) is 0 Å². The van der Waals surface area contributed by atoms with Crippen molar-refractivity contribution in [2.24, 2.45) is 0 Å². The summed E-state index contributed by atoms with van der Waals surface area (Å²) < 4.78 is 16.5. The summed E-state index contributed by atoms with van der Waals surface area (Å²) >= 11 is 0. The number of methoxy groups -OCH3 is 1. The van der Waals surface area contributed by atoms with Crippen LogP contribution in [0.2, 0.25) is 0 Å². The molecule has 0 bridgehead atoms. The third-order valence-electron chi connectivity index (χ3n) is 5.32. The van der Waals surface area contributed by atoms with E-state index in [1.54, 1.807) is 7.11 Å². The van der Waals surface area contributed by atoms with Crippen LogP contribution in [-0.2, 0) is 6.54 Å². The highest BCUT2D eigenvalue weighted by Gasteiger charge is 2.18. The van der Waals surface area contributed by atoms with Crippen molar-refractivity contribution in [3.63, 3.8) is 0 Å². The molecule has 0 radical (unpaired) electrons. The molecule has 0 fully saturated rings. The second-order valence-corrected chi connectivity index (χ2v) is 7.07. The molecule has 5 rings (SSSR count). The number of nitrogens with zero attached hydrogens (tertiary/aromatic N) is 1. The van der Waals surface area contributed by atoms with E-state index in [4.69, 9.17) is 14.2 Å². The number of hydrogen-bond acceptors (Lipinski definition) is 4. The maximum absolute atomic E-state index is 5.64. The van der Waals surface area contributed by atoms with Gasteiger partial charge in [0.05, 0.1) is 7.11 Å². The van der Waals surface area contributed by atoms with Gasteiger partial charge >= 0.3 is 0 Å². The molecule has 0 spiro atoms. The summed E-state index contributed by atoms with van der Waals surface area (Å²) in [6.45, 7) is 1.08. The van der Waals surface area contributed by atoms with Crippen molar-refractivity contribution in [1.29, 1.82) is 0 Å². The van der Waals surface area contributed by atoms with Crippen LogP contribution >= 0.6 is 0 Å². The van der Waals surface area contributed by atoms with Gasteiger partial charge in [-0.15, -0.1) is 0 Å². The van der Waals surface area contributed by atoms with Crippen molar-refractivity contribution in [2.75, 3.05) is 25.9 Å². The van der Waals surface area contributed by atoms with Crippen molar-refractivity contribution in [1.82, 2.24) is 0 Å². The SMILES string of the molecule is COc1ccc(CN(C)c2cc3ccccc3c3cc4c(cc23)OCO4)cc1. The number of anilines is 1. The van der Waals surface area contributed by atoms with Crippen LogP contribution < -0.4 is 19.1 Å². The summed E-state index contributed by atoms with van der Waals surface area (Å²) in [5, 5.41) is 4.78.